The van der Waals surface area contributed by atoms with Gasteiger partial charge in [0.1, 0.15) is 0 Å². The van der Waals surface area contributed by atoms with E-state index in [2.05, 4.69) is 10.6 Å². The Balaban J connectivity index is 1.70. The van der Waals surface area contributed by atoms with E-state index in [1.165, 1.54) is 0 Å². The molecule has 0 atom stereocenters. The minimum Gasteiger partial charge on any atom is -0.315 e. The van der Waals surface area contributed by atoms with Crippen LogP contribution in [0.5, 0.6) is 0 Å². The van der Waals surface area contributed by atoms with Crippen LogP contribution >= 0.6 is 0 Å². The highest BCUT2D eigenvalue weighted by Crippen LogP contribution is 2.29. The SMILES string of the molecule is CN1C(=O)Cc2cc(NC(=O)Nc3ccccc3)ccc21. The summed E-state index contributed by atoms with van der Waals surface area (Å²) in [5.41, 5.74) is 3.23. The monoisotopic (exact) mass is 281 g/mol. The lowest BCUT2D eigenvalue weighted by Crippen LogP contribution is -2.20. The van der Waals surface area contributed by atoms with Gasteiger partial charge < -0.3 is 15.5 Å². The molecule has 0 spiro atoms. The number of nitrogens with zero attached hydrogens (tertiary/aromatic N) is 1. The van der Waals surface area contributed by atoms with Crippen molar-refractivity contribution in [1.29, 1.82) is 0 Å². The molecule has 0 bridgehead atoms. The van der Waals surface area contributed by atoms with Crippen molar-refractivity contribution in [2.24, 2.45) is 0 Å². The molecule has 5 heteroatoms. The van der Waals surface area contributed by atoms with Crippen LogP contribution in [0.25, 0.3) is 0 Å². The number of nitrogens with one attached hydrogen (secondary N) is 2. The van der Waals surface area contributed by atoms with Crippen LogP contribution in [0.15, 0.2) is 48.5 Å². The molecule has 0 radical (unpaired) electrons. The summed E-state index contributed by atoms with van der Waals surface area (Å²) >= 11 is 0. The topological polar surface area (TPSA) is 61.4 Å². The molecule has 106 valence electrons. The standard InChI is InChI=1S/C16H15N3O2/c1-19-14-8-7-13(9-11(14)10-15(19)20)18-16(21)17-12-5-3-2-4-6-12/h2-9H,10H2,1H3,(H2,17,18,21). The van der Waals surface area contributed by atoms with Crippen molar-refractivity contribution < 1.29 is 9.59 Å². The van der Waals surface area contributed by atoms with Gasteiger partial charge in [0.05, 0.1) is 6.42 Å². The highest BCUT2D eigenvalue weighted by molar-refractivity contribution is 6.03. The van der Waals surface area contributed by atoms with Crippen molar-refractivity contribution in [2.45, 2.75) is 6.42 Å². The second kappa shape index (κ2) is 5.28. The number of anilines is 3. The Morgan fingerprint density at radius 1 is 1.05 bits per heavy atom. The maximum atomic E-state index is 11.9. The lowest BCUT2D eigenvalue weighted by Gasteiger charge is -2.11. The first-order valence-corrected chi connectivity index (χ1v) is 6.66. The van der Waals surface area contributed by atoms with E-state index in [1.54, 1.807) is 18.0 Å². The van der Waals surface area contributed by atoms with E-state index in [1.807, 2.05) is 42.5 Å². The van der Waals surface area contributed by atoms with E-state index >= 15 is 0 Å². The summed E-state index contributed by atoms with van der Waals surface area (Å²) in [6.45, 7) is 0. The van der Waals surface area contributed by atoms with Crippen LogP contribution in [0.4, 0.5) is 21.9 Å². The number of carbonyl (C=O) groups is 2. The molecule has 0 saturated carbocycles. The predicted molar refractivity (Wildman–Crippen MR) is 82.6 cm³/mol. The molecular formula is C16H15N3O2. The largest absolute Gasteiger partial charge is 0.323 e. The molecule has 2 aromatic rings. The summed E-state index contributed by atoms with van der Waals surface area (Å²) in [5, 5.41) is 5.52. The molecular weight excluding hydrogens is 266 g/mol. The van der Waals surface area contributed by atoms with Crippen molar-refractivity contribution in [1.82, 2.24) is 0 Å². The third-order valence-corrected chi connectivity index (χ3v) is 3.45. The van der Waals surface area contributed by atoms with Gasteiger partial charge in [-0.2, -0.15) is 0 Å². The van der Waals surface area contributed by atoms with E-state index in [9.17, 15) is 9.59 Å². The maximum Gasteiger partial charge on any atom is 0.323 e. The van der Waals surface area contributed by atoms with Crippen LogP contribution in [0.3, 0.4) is 0 Å². The molecule has 1 aliphatic heterocycles. The molecule has 2 aromatic carbocycles. The number of para-hydroxylation sites is 1. The van der Waals surface area contributed by atoms with Gasteiger partial charge in [-0.25, -0.2) is 4.79 Å². The first kappa shape index (κ1) is 13.2. The highest BCUT2D eigenvalue weighted by atomic mass is 16.2. The zero-order valence-corrected chi connectivity index (χ0v) is 11.6. The molecule has 0 unspecified atom stereocenters. The Morgan fingerprint density at radius 2 is 1.76 bits per heavy atom. The smallest absolute Gasteiger partial charge is 0.315 e. The fourth-order valence-electron chi connectivity index (χ4n) is 2.36. The van der Waals surface area contributed by atoms with Crippen LogP contribution in [-0.4, -0.2) is 19.0 Å². The van der Waals surface area contributed by atoms with Crippen LogP contribution in [0.2, 0.25) is 0 Å². The fraction of sp³-hybridized carbons (Fsp3) is 0.125. The molecule has 21 heavy (non-hydrogen) atoms. The molecule has 1 aliphatic rings. The van der Waals surface area contributed by atoms with Gasteiger partial charge in [-0.3, -0.25) is 4.79 Å². The van der Waals surface area contributed by atoms with Gasteiger partial charge in [-0.1, -0.05) is 18.2 Å². The van der Waals surface area contributed by atoms with Crippen molar-refractivity contribution in [3.63, 3.8) is 0 Å². The third kappa shape index (κ3) is 2.72. The van der Waals surface area contributed by atoms with Crippen LogP contribution in [-0.2, 0) is 11.2 Å². The van der Waals surface area contributed by atoms with Crippen molar-refractivity contribution >= 4 is 29.0 Å². The Labute approximate surface area is 122 Å². The molecule has 1 heterocycles. The quantitative estimate of drug-likeness (QED) is 0.889. The van der Waals surface area contributed by atoms with Crippen LogP contribution in [0, 0.1) is 0 Å². The number of fused-ring (bicyclic) bond motifs is 1. The fourth-order valence-corrected chi connectivity index (χ4v) is 2.36. The van der Waals surface area contributed by atoms with Crippen molar-refractivity contribution in [3.05, 3.63) is 54.1 Å². The average Bonchev–Trinajstić information content (AvgIpc) is 2.74. The van der Waals surface area contributed by atoms with Gasteiger partial charge in [0.25, 0.3) is 0 Å². The number of urea groups is 1. The number of benzene rings is 2. The highest BCUT2D eigenvalue weighted by Gasteiger charge is 2.23. The van der Waals surface area contributed by atoms with Crippen LogP contribution < -0.4 is 15.5 Å². The Morgan fingerprint density at radius 3 is 2.52 bits per heavy atom. The summed E-state index contributed by atoms with van der Waals surface area (Å²) in [4.78, 5) is 25.2. The van der Waals surface area contributed by atoms with Gasteiger partial charge in [0, 0.05) is 24.1 Å². The van der Waals surface area contributed by atoms with Crippen molar-refractivity contribution in [3.8, 4) is 0 Å². The van der Waals surface area contributed by atoms with E-state index in [0.29, 0.717) is 12.1 Å². The van der Waals surface area contributed by atoms with E-state index in [0.717, 1.165) is 16.9 Å². The number of carbonyl (C=O) groups excluding carboxylic acids is 2. The Bertz CT molecular complexity index is 698. The summed E-state index contributed by atoms with van der Waals surface area (Å²) in [7, 11) is 1.75. The summed E-state index contributed by atoms with van der Waals surface area (Å²) in [6, 6.07) is 14.4. The zero-order chi connectivity index (χ0) is 14.8. The van der Waals surface area contributed by atoms with Gasteiger partial charge >= 0.3 is 6.03 Å². The number of hydrogen-bond donors (Lipinski definition) is 2. The summed E-state index contributed by atoms with van der Waals surface area (Å²) in [6.07, 6.45) is 0.377. The minimum absolute atomic E-state index is 0.0656. The average molecular weight is 281 g/mol. The van der Waals surface area contributed by atoms with Crippen molar-refractivity contribution in [2.75, 3.05) is 22.6 Å². The lowest BCUT2D eigenvalue weighted by molar-refractivity contribution is -0.117. The third-order valence-electron chi connectivity index (χ3n) is 3.45. The molecule has 3 rings (SSSR count). The number of amides is 3. The normalized spacial score (nSPS) is 13.0. The van der Waals surface area contributed by atoms with Gasteiger partial charge in [0.2, 0.25) is 5.91 Å². The Hall–Kier alpha value is -2.82. The van der Waals surface area contributed by atoms with Gasteiger partial charge in [-0.15, -0.1) is 0 Å². The maximum absolute atomic E-state index is 11.9. The first-order chi connectivity index (χ1) is 10.1. The molecule has 0 fully saturated rings. The van der Waals surface area contributed by atoms with E-state index in [-0.39, 0.29) is 11.9 Å². The number of hydrogen-bond acceptors (Lipinski definition) is 2. The van der Waals surface area contributed by atoms with E-state index in [4.69, 9.17) is 0 Å². The number of likely N-dealkylation sites (N-methyl/N-ethyl adjacent to an activating group) is 1. The molecule has 0 aliphatic carbocycles. The molecule has 3 amide bonds. The zero-order valence-electron chi connectivity index (χ0n) is 11.6. The first-order valence-electron chi connectivity index (χ1n) is 6.66. The lowest BCUT2D eigenvalue weighted by atomic mass is 10.1. The number of rotatable bonds is 2. The molecule has 2 N–H and O–H groups in total. The second-order valence-electron chi connectivity index (χ2n) is 4.92. The van der Waals surface area contributed by atoms with E-state index < -0.39 is 0 Å². The molecule has 0 saturated heterocycles. The predicted octanol–water partition coefficient (Wildman–Crippen LogP) is 2.85. The summed E-state index contributed by atoms with van der Waals surface area (Å²) in [5.74, 6) is 0.0656. The molecule has 0 aromatic heterocycles. The van der Waals surface area contributed by atoms with Gasteiger partial charge in [0.15, 0.2) is 0 Å². The Kier molecular flexibility index (Phi) is 3.31. The second-order valence-corrected chi connectivity index (χ2v) is 4.92. The van der Waals surface area contributed by atoms with Gasteiger partial charge in [-0.05, 0) is 35.9 Å². The van der Waals surface area contributed by atoms with Crippen LogP contribution in [0.1, 0.15) is 5.56 Å². The summed E-state index contributed by atoms with van der Waals surface area (Å²) < 4.78 is 0. The molecule has 5 nitrogen and oxygen atoms in total. The minimum atomic E-state index is -0.307.